The summed E-state index contributed by atoms with van der Waals surface area (Å²) in [5, 5.41) is 27.0. The van der Waals surface area contributed by atoms with E-state index in [9.17, 15) is 19.8 Å². The van der Waals surface area contributed by atoms with E-state index in [0.717, 1.165) is 66.0 Å². The van der Waals surface area contributed by atoms with Crippen LogP contribution in [0.1, 0.15) is 86.2 Å². The highest BCUT2D eigenvalue weighted by Gasteiger charge is 2.74. The number of allylic oxidation sites excluding steroid dienone is 4. The van der Waals surface area contributed by atoms with E-state index in [1.807, 2.05) is 49.4 Å². The number of ether oxygens (including phenoxy) is 1. The Morgan fingerprint density at radius 2 is 1.73 bits per heavy atom. The predicted octanol–water partition coefficient (Wildman–Crippen LogP) is 7.54. The molecule has 2 aromatic rings. The summed E-state index contributed by atoms with van der Waals surface area (Å²) in [7, 11) is 0. The van der Waals surface area contributed by atoms with Crippen LogP contribution in [0.2, 0.25) is 0 Å². The number of aryl methyl sites for hydroxylation is 1. The largest absolute Gasteiger partial charge is 0.393 e. The second-order valence-electron chi connectivity index (χ2n) is 16.4. The number of ketones is 1. The molecule has 1 unspecified atom stereocenters. The number of nitrogens with zero attached hydrogens (tertiary/aromatic N) is 1. The maximum atomic E-state index is 14.7. The molecule has 1 aromatic carbocycles. The highest BCUT2D eigenvalue weighted by molar-refractivity contribution is 7.14. The van der Waals surface area contributed by atoms with Gasteiger partial charge in [0.05, 0.1) is 29.2 Å². The van der Waals surface area contributed by atoms with Crippen molar-refractivity contribution in [3.05, 3.63) is 76.0 Å². The van der Waals surface area contributed by atoms with Crippen LogP contribution in [0.4, 0.5) is 10.5 Å². The van der Waals surface area contributed by atoms with Crippen molar-refractivity contribution in [1.82, 2.24) is 4.90 Å². The molecule has 9 atom stereocenters. The number of para-hydroxylation sites is 1. The first-order valence-electron chi connectivity index (χ1n) is 18.1. The highest BCUT2D eigenvalue weighted by atomic mass is 32.1. The minimum atomic E-state index is -1.14. The number of rotatable bonds is 7. The van der Waals surface area contributed by atoms with Gasteiger partial charge in [0.15, 0.2) is 5.78 Å². The molecular formula is C40H50N2O5S. The van der Waals surface area contributed by atoms with Gasteiger partial charge in [-0.3, -0.25) is 4.79 Å². The number of aliphatic hydroxyl groups excluding tert-OH is 1. The lowest BCUT2D eigenvalue weighted by molar-refractivity contribution is -0.175. The fourth-order valence-corrected chi connectivity index (χ4v) is 12.4. The van der Waals surface area contributed by atoms with Crippen LogP contribution in [-0.2, 0) is 4.74 Å². The Hall–Kier alpha value is -2.78. The summed E-state index contributed by atoms with van der Waals surface area (Å²) in [6.07, 6.45) is 13.9. The average molecular weight is 671 g/mol. The molecule has 0 radical (unpaired) electrons. The lowest BCUT2D eigenvalue weighted by Gasteiger charge is -2.71. The first kappa shape index (κ1) is 32.4. The van der Waals surface area contributed by atoms with E-state index in [0.29, 0.717) is 26.0 Å². The Morgan fingerprint density at radius 1 is 0.979 bits per heavy atom. The number of anilines is 1. The maximum absolute atomic E-state index is 14.7. The Bertz CT molecular complexity index is 1660. The van der Waals surface area contributed by atoms with Crippen molar-refractivity contribution < 1.29 is 24.5 Å². The van der Waals surface area contributed by atoms with Crippen LogP contribution in [0.3, 0.4) is 0 Å². The fourth-order valence-electron chi connectivity index (χ4n) is 11.6. The molecule has 1 saturated heterocycles. The molecule has 7 aliphatic rings. The molecule has 2 bridgehead atoms. The number of Topliss-reactive ketones (excluding diaryl/α,β-unsaturated/α-hetero) is 1. The van der Waals surface area contributed by atoms with E-state index in [1.165, 1.54) is 0 Å². The average Bonchev–Trinajstić information content (AvgIpc) is 3.81. The summed E-state index contributed by atoms with van der Waals surface area (Å²) in [5.74, 6) is 0.369. The first-order valence-corrected chi connectivity index (χ1v) is 18.9. The van der Waals surface area contributed by atoms with Gasteiger partial charge in [-0.15, -0.1) is 11.3 Å². The van der Waals surface area contributed by atoms with Crippen LogP contribution in [0.15, 0.2) is 66.3 Å². The number of hydrogen-bond acceptors (Lipinski definition) is 6. The number of urea groups is 1. The summed E-state index contributed by atoms with van der Waals surface area (Å²) in [6.45, 7) is 8.04. The molecule has 2 spiro atoms. The Kier molecular flexibility index (Phi) is 7.68. The van der Waals surface area contributed by atoms with Gasteiger partial charge >= 0.3 is 6.03 Å². The van der Waals surface area contributed by atoms with Crippen molar-refractivity contribution in [1.29, 1.82) is 0 Å². The number of carbonyl (C=O) groups is 2. The topological polar surface area (TPSA) is 99.1 Å². The molecular weight excluding hydrogens is 621 g/mol. The lowest BCUT2D eigenvalue weighted by atomic mass is 9.32. The standard InChI is InChI=1S/C40H50N2O5S/c1-26-11-12-31(48-26)34(44)30-23-38-19-20-40(30)32(36(38,2)16-13-28(43)22-38)14-17-37(3)33(40)15-18-39(37,46)25-42(24-29-10-7-21-47-29)35(45)41-27-8-5-4-6-9-27/h4-6,8-9,11-12,19-20,23,28-29,32-33,43,46H,7,10,13-18,21-22,24-25H2,1-3H3,(H,41,45)/t28?,29-,32-,33-,36-,37+,38+,39-,40-/m1/s1. The summed E-state index contributed by atoms with van der Waals surface area (Å²) in [6, 6.07) is 13.3. The molecule has 1 aliphatic heterocycles. The number of thiophene rings is 1. The maximum Gasteiger partial charge on any atom is 0.322 e. The van der Waals surface area contributed by atoms with Gasteiger partial charge in [0, 0.05) is 45.5 Å². The fraction of sp³-hybridized carbons (Fsp3) is 0.600. The van der Waals surface area contributed by atoms with Crippen LogP contribution in [0, 0.1) is 40.4 Å². The van der Waals surface area contributed by atoms with Gasteiger partial charge in [-0.05, 0) is 106 Å². The molecule has 2 amide bonds. The zero-order valence-electron chi connectivity index (χ0n) is 28.5. The summed E-state index contributed by atoms with van der Waals surface area (Å²) in [5.41, 5.74) is -1.02. The van der Waals surface area contributed by atoms with Crippen molar-refractivity contribution in [2.75, 3.05) is 25.0 Å². The van der Waals surface area contributed by atoms with Crippen LogP contribution >= 0.6 is 11.3 Å². The number of hydrogen-bond donors (Lipinski definition) is 3. The molecule has 2 heterocycles. The summed E-state index contributed by atoms with van der Waals surface area (Å²) >= 11 is 1.55. The van der Waals surface area contributed by atoms with Gasteiger partial charge in [0.2, 0.25) is 0 Å². The van der Waals surface area contributed by atoms with Crippen molar-refractivity contribution in [3.63, 3.8) is 0 Å². The zero-order chi connectivity index (χ0) is 33.5. The third-order valence-corrected chi connectivity index (χ3v) is 15.1. The lowest BCUT2D eigenvalue weighted by Crippen LogP contribution is -2.67. The van der Waals surface area contributed by atoms with Gasteiger partial charge in [-0.25, -0.2) is 4.79 Å². The number of amides is 2. The van der Waals surface area contributed by atoms with Crippen LogP contribution < -0.4 is 5.32 Å². The third kappa shape index (κ3) is 4.61. The highest BCUT2D eigenvalue weighted by Crippen LogP contribution is 2.78. The monoisotopic (exact) mass is 670 g/mol. The molecule has 256 valence electrons. The predicted molar refractivity (Wildman–Crippen MR) is 188 cm³/mol. The van der Waals surface area contributed by atoms with Crippen molar-refractivity contribution in [3.8, 4) is 0 Å². The normalized spacial score (nSPS) is 40.9. The van der Waals surface area contributed by atoms with E-state index >= 15 is 0 Å². The Balaban J connectivity index is 1.18. The molecule has 3 saturated carbocycles. The molecule has 48 heavy (non-hydrogen) atoms. The van der Waals surface area contributed by atoms with Crippen molar-refractivity contribution in [2.45, 2.75) is 96.4 Å². The number of nitrogens with one attached hydrogen (secondary N) is 1. The van der Waals surface area contributed by atoms with E-state index in [1.54, 1.807) is 16.2 Å². The molecule has 1 aromatic heterocycles. The number of aliphatic hydroxyl groups is 2. The Morgan fingerprint density at radius 3 is 2.46 bits per heavy atom. The molecule has 7 nitrogen and oxygen atoms in total. The zero-order valence-corrected chi connectivity index (χ0v) is 29.4. The number of benzene rings is 1. The van der Waals surface area contributed by atoms with Gasteiger partial charge in [-0.1, -0.05) is 50.3 Å². The van der Waals surface area contributed by atoms with Crippen LogP contribution in [0.5, 0.6) is 0 Å². The first-order chi connectivity index (χ1) is 22.9. The van der Waals surface area contributed by atoms with E-state index in [-0.39, 0.29) is 53.2 Å². The molecule has 6 aliphatic carbocycles. The molecule has 3 N–H and O–H groups in total. The third-order valence-electron chi connectivity index (χ3n) is 14.1. The van der Waals surface area contributed by atoms with Gasteiger partial charge in [-0.2, -0.15) is 0 Å². The minimum Gasteiger partial charge on any atom is -0.393 e. The summed E-state index contributed by atoms with van der Waals surface area (Å²) in [4.78, 5) is 32.3. The van der Waals surface area contributed by atoms with Crippen LogP contribution in [0.25, 0.3) is 0 Å². The van der Waals surface area contributed by atoms with E-state index < -0.39 is 16.4 Å². The van der Waals surface area contributed by atoms with Crippen molar-refractivity contribution in [2.24, 2.45) is 33.5 Å². The van der Waals surface area contributed by atoms with E-state index in [4.69, 9.17) is 4.74 Å². The minimum absolute atomic E-state index is 0.0324. The molecule has 8 heteroatoms. The number of carbonyl (C=O) groups excluding carboxylic acids is 2. The van der Waals surface area contributed by atoms with Gasteiger partial charge in [0.1, 0.15) is 0 Å². The summed E-state index contributed by atoms with van der Waals surface area (Å²) < 4.78 is 6.00. The second kappa shape index (κ2) is 11.4. The van der Waals surface area contributed by atoms with E-state index in [2.05, 4.69) is 37.4 Å². The van der Waals surface area contributed by atoms with Gasteiger partial charge < -0.3 is 25.2 Å². The smallest absolute Gasteiger partial charge is 0.322 e. The van der Waals surface area contributed by atoms with Crippen LogP contribution in [-0.4, -0.2) is 64.4 Å². The molecule has 4 fully saturated rings. The molecule has 9 rings (SSSR count). The Labute approximate surface area is 288 Å². The SMILES string of the molecule is Cc1ccc(C(=O)C2=C[C@@]34C=C[C@@]25[C@@H]2CC[C@@](O)(CN(C[C@H]6CCCO6)C(=O)Nc6ccccc6)[C@@]2(C)CC[C@@H]5[C@@]3(C)CCC(O)C4)s1. The second-order valence-corrected chi connectivity index (χ2v) is 17.6. The quantitative estimate of drug-likeness (QED) is 0.209. The van der Waals surface area contributed by atoms with Gasteiger partial charge in [0.25, 0.3) is 0 Å². The number of fused-ring (bicyclic) bond motifs is 1. The van der Waals surface area contributed by atoms with Crippen molar-refractivity contribution >= 4 is 28.8 Å².